The number of benzene rings is 2. The van der Waals surface area contributed by atoms with Crippen molar-refractivity contribution in [3.63, 3.8) is 0 Å². The van der Waals surface area contributed by atoms with Crippen molar-refractivity contribution in [3.05, 3.63) is 54.1 Å². The molecule has 2 unspecified atom stereocenters. The summed E-state index contributed by atoms with van der Waals surface area (Å²) in [5.41, 5.74) is 3.97. The maximum Gasteiger partial charge on any atom is 0.306 e. The van der Waals surface area contributed by atoms with Crippen LogP contribution in [-0.2, 0) is 11.3 Å². The highest BCUT2D eigenvalue weighted by atomic mass is 16.5. The Hall–Kier alpha value is -2.33. The molecule has 4 heteroatoms. The summed E-state index contributed by atoms with van der Waals surface area (Å²) in [6.07, 6.45) is 7.52. The molecule has 0 radical (unpaired) electrons. The van der Waals surface area contributed by atoms with E-state index in [4.69, 9.17) is 4.74 Å². The summed E-state index contributed by atoms with van der Waals surface area (Å²) >= 11 is 0. The van der Waals surface area contributed by atoms with Crippen LogP contribution in [0.1, 0.15) is 71.3 Å². The second-order valence-electron chi connectivity index (χ2n) is 11.1. The Labute approximate surface area is 198 Å². The van der Waals surface area contributed by atoms with Crippen molar-refractivity contribution in [1.82, 2.24) is 5.32 Å². The van der Waals surface area contributed by atoms with Crippen LogP contribution in [0, 0.1) is 17.3 Å². The molecule has 178 valence electrons. The summed E-state index contributed by atoms with van der Waals surface area (Å²) in [7, 11) is 0. The maximum atomic E-state index is 11.2. The number of ether oxygens (including phenoxy) is 1. The van der Waals surface area contributed by atoms with E-state index in [-0.39, 0.29) is 5.92 Å². The number of hydrogen-bond acceptors (Lipinski definition) is 3. The molecular formula is C29H39NO3. The predicted octanol–water partition coefficient (Wildman–Crippen LogP) is 6.68. The molecule has 2 aromatic carbocycles. The van der Waals surface area contributed by atoms with Gasteiger partial charge in [-0.05, 0) is 91.2 Å². The molecule has 4 nitrogen and oxygen atoms in total. The van der Waals surface area contributed by atoms with E-state index >= 15 is 0 Å². The number of rotatable bonds is 7. The van der Waals surface area contributed by atoms with E-state index in [1.807, 2.05) is 0 Å². The molecule has 2 aromatic rings. The van der Waals surface area contributed by atoms with Gasteiger partial charge >= 0.3 is 5.97 Å². The molecule has 4 rings (SSSR count). The molecule has 2 aliphatic rings. The van der Waals surface area contributed by atoms with Gasteiger partial charge in [0.25, 0.3) is 0 Å². The van der Waals surface area contributed by atoms with Crippen LogP contribution < -0.4 is 10.1 Å². The van der Waals surface area contributed by atoms with Crippen molar-refractivity contribution < 1.29 is 14.6 Å². The number of carbonyl (C=O) groups is 1. The minimum absolute atomic E-state index is 0.194. The first-order valence-electron chi connectivity index (χ1n) is 12.6. The van der Waals surface area contributed by atoms with Crippen LogP contribution in [0.3, 0.4) is 0 Å². The van der Waals surface area contributed by atoms with E-state index in [1.165, 1.54) is 29.5 Å². The molecule has 0 aliphatic heterocycles. The molecule has 0 amide bonds. The third kappa shape index (κ3) is 6.38. The zero-order valence-corrected chi connectivity index (χ0v) is 20.3. The van der Waals surface area contributed by atoms with Crippen LogP contribution in [0.25, 0.3) is 11.1 Å². The van der Waals surface area contributed by atoms with Gasteiger partial charge in [0, 0.05) is 12.6 Å². The summed E-state index contributed by atoms with van der Waals surface area (Å²) in [5.74, 6) is 0.894. The Balaban J connectivity index is 1.34. The second kappa shape index (κ2) is 10.3. The average molecular weight is 450 g/mol. The lowest BCUT2D eigenvalue weighted by Crippen LogP contribution is -2.30. The van der Waals surface area contributed by atoms with Gasteiger partial charge in [-0.1, -0.05) is 51.1 Å². The van der Waals surface area contributed by atoms with Crippen molar-refractivity contribution in [2.75, 3.05) is 0 Å². The molecule has 0 saturated heterocycles. The SMILES string of the molecule is CC(C)(C)[C@H]1CC[C@H](Oc2cccc(-c3cccc(CNC4CCC(C(=O)O)C4)c3)c2)CC1. The van der Waals surface area contributed by atoms with Crippen LogP contribution in [0.5, 0.6) is 5.75 Å². The third-order valence-corrected chi connectivity index (χ3v) is 7.67. The van der Waals surface area contributed by atoms with Crippen LogP contribution >= 0.6 is 0 Å². The van der Waals surface area contributed by atoms with Crippen LogP contribution in [0.4, 0.5) is 0 Å². The maximum absolute atomic E-state index is 11.2. The van der Waals surface area contributed by atoms with E-state index < -0.39 is 5.97 Å². The largest absolute Gasteiger partial charge is 0.490 e. The molecular weight excluding hydrogens is 410 g/mol. The normalized spacial score (nSPS) is 25.7. The highest BCUT2D eigenvalue weighted by Crippen LogP contribution is 2.39. The van der Waals surface area contributed by atoms with E-state index in [1.54, 1.807) is 0 Å². The Morgan fingerprint density at radius 2 is 1.67 bits per heavy atom. The first kappa shape index (κ1) is 23.8. The zero-order valence-electron chi connectivity index (χ0n) is 20.3. The van der Waals surface area contributed by atoms with E-state index in [2.05, 4.69) is 74.6 Å². The lowest BCUT2D eigenvalue weighted by molar-refractivity contribution is -0.141. The van der Waals surface area contributed by atoms with Crippen LogP contribution in [-0.4, -0.2) is 23.2 Å². The molecule has 2 saturated carbocycles. The lowest BCUT2D eigenvalue weighted by Gasteiger charge is -2.37. The Morgan fingerprint density at radius 3 is 2.33 bits per heavy atom. The summed E-state index contributed by atoms with van der Waals surface area (Å²) in [4.78, 5) is 11.2. The summed E-state index contributed by atoms with van der Waals surface area (Å²) < 4.78 is 6.39. The highest BCUT2D eigenvalue weighted by Gasteiger charge is 2.31. The molecule has 0 heterocycles. The van der Waals surface area contributed by atoms with Crippen LogP contribution in [0.2, 0.25) is 0 Å². The molecule has 2 fully saturated rings. The standard InChI is InChI=1S/C29H39NO3/c1-29(2,3)24-11-14-26(15-12-24)33-27-9-5-8-22(18-27)21-7-4-6-20(16-21)19-30-25-13-10-23(17-25)28(31)32/h4-9,16,18,23-26,30H,10-15,17,19H2,1-3H3,(H,31,32)/t23?,24-,25?,26-. The fourth-order valence-corrected chi connectivity index (χ4v) is 5.50. The number of aliphatic carboxylic acids is 1. The minimum atomic E-state index is -0.661. The average Bonchev–Trinajstić information content (AvgIpc) is 3.27. The van der Waals surface area contributed by atoms with Crippen molar-refractivity contribution >= 4 is 5.97 Å². The number of carboxylic acid groups (broad SMARTS) is 1. The van der Waals surface area contributed by atoms with Gasteiger partial charge in [0.1, 0.15) is 5.75 Å². The smallest absolute Gasteiger partial charge is 0.306 e. The molecule has 0 bridgehead atoms. The van der Waals surface area contributed by atoms with E-state index in [0.717, 1.165) is 50.3 Å². The Morgan fingerprint density at radius 1 is 0.970 bits per heavy atom. The van der Waals surface area contributed by atoms with Gasteiger partial charge in [-0.2, -0.15) is 0 Å². The van der Waals surface area contributed by atoms with E-state index in [9.17, 15) is 9.90 Å². The van der Waals surface area contributed by atoms with Gasteiger partial charge < -0.3 is 15.2 Å². The topological polar surface area (TPSA) is 58.6 Å². The van der Waals surface area contributed by atoms with E-state index in [0.29, 0.717) is 17.6 Å². The van der Waals surface area contributed by atoms with Gasteiger partial charge in [0.15, 0.2) is 0 Å². The minimum Gasteiger partial charge on any atom is -0.490 e. The predicted molar refractivity (Wildman–Crippen MR) is 133 cm³/mol. The van der Waals surface area contributed by atoms with Crippen molar-refractivity contribution in [2.24, 2.45) is 17.3 Å². The fraction of sp³-hybridized carbons (Fsp3) is 0.552. The summed E-state index contributed by atoms with van der Waals surface area (Å²) in [6.45, 7) is 7.82. The van der Waals surface area contributed by atoms with Gasteiger partial charge in [-0.25, -0.2) is 0 Å². The van der Waals surface area contributed by atoms with Gasteiger partial charge in [0.05, 0.1) is 12.0 Å². The van der Waals surface area contributed by atoms with Crippen LogP contribution in [0.15, 0.2) is 48.5 Å². The Kier molecular flexibility index (Phi) is 7.43. The van der Waals surface area contributed by atoms with Gasteiger partial charge in [0.2, 0.25) is 0 Å². The Bertz CT molecular complexity index is 940. The number of hydrogen-bond donors (Lipinski definition) is 2. The van der Waals surface area contributed by atoms with Gasteiger partial charge in [-0.15, -0.1) is 0 Å². The third-order valence-electron chi connectivity index (χ3n) is 7.67. The fourth-order valence-electron chi connectivity index (χ4n) is 5.50. The summed E-state index contributed by atoms with van der Waals surface area (Å²) in [5, 5.41) is 12.8. The van der Waals surface area contributed by atoms with Crippen molar-refractivity contribution in [1.29, 1.82) is 0 Å². The zero-order chi connectivity index (χ0) is 23.4. The number of nitrogens with one attached hydrogen (secondary N) is 1. The highest BCUT2D eigenvalue weighted by molar-refractivity contribution is 5.70. The van der Waals surface area contributed by atoms with Gasteiger partial charge in [-0.3, -0.25) is 4.79 Å². The monoisotopic (exact) mass is 449 g/mol. The summed E-state index contributed by atoms with van der Waals surface area (Å²) in [6, 6.07) is 17.4. The molecule has 33 heavy (non-hydrogen) atoms. The van der Waals surface area contributed by atoms with Crippen molar-refractivity contribution in [2.45, 2.75) is 84.4 Å². The lowest BCUT2D eigenvalue weighted by atomic mass is 9.72. The molecule has 2 N–H and O–H groups in total. The molecule has 2 atom stereocenters. The quantitative estimate of drug-likeness (QED) is 0.495. The number of carboxylic acids is 1. The second-order valence-corrected chi connectivity index (χ2v) is 11.1. The first-order chi connectivity index (χ1) is 15.8. The molecule has 0 spiro atoms. The molecule has 0 aromatic heterocycles. The molecule has 2 aliphatic carbocycles. The van der Waals surface area contributed by atoms with Crippen molar-refractivity contribution in [3.8, 4) is 16.9 Å². The first-order valence-corrected chi connectivity index (χ1v) is 12.6.